The van der Waals surface area contributed by atoms with Gasteiger partial charge < -0.3 is 4.40 Å². The summed E-state index contributed by atoms with van der Waals surface area (Å²) in [6.07, 6.45) is 5.09. The van der Waals surface area contributed by atoms with Gasteiger partial charge in [0.15, 0.2) is 0 Å². The molecule has 14 heavy (non-hydrogen) atoms. The lowest BCUT2D eigenvalue weighted by Gasteiger charge is -2.04. The van der Waals surface area contributed by atoms with Crippen molar-refractivity contribution in [2.75, 3.05) is 0 Å². The van der Waals surface area contributed by atoms with Gasteiger partial charge in [0.2, 0.25) is 0 Å². The molecule has 0 aliphatic carbocycles. The van der Waals surface area contributed by atoms with E-state index in [1.165, 1.54) is 11.1 Å². The maximum Gasteiger partial charge on any atom is 0.113 e. The van der Waals surface area contributed by atoms with Crippen molar-refractivity contribution < 1.29 is 0 Å². The van der Waals surface area contributed by atoms with E-state index in [9.17, 15) is 0 Å². The summed E-state index contributed by atoms with van der Waals surface area (Å²) in [6, 6.07) is 4.29. The van der Waals surface area contributed by atoms with Gasteiger partial charge in [-0.1, -0.05) is 13.8 Å². The molecule has 0 fully saturated rings. The summed E-state index contributed by atoms with van der Waals surface area (Å²) in [4.78, 5) is 4.44. The molecule has 0 bridgehead atoms. The highest BCUT2D eigenvalue weighted by atomic mass is 15.0. The van der Waals surface area contributed by atoms with Gasteiger partial charge in [-0.05, 0) is 30.5 Å². The monoisotopic (exact) mass is 188 g/mol. The van der Waals surface area contributed by atoms with Crippen LogP contribution in [0.3, 0.4) is 0 Å². The molecule has 0 atom stereocenters. The summed E-state index contributed by atoms with van der Waals surface area (Å²) in [6.45, 7) is 6.54. The molecule has 2 aromatic heterocycles. The van der Waals surface area contributed by atoms with E-state index >= 15 is 0 Å². The molecule has 0 saturated carbocycles. The Morgan fingerprint density at radius 2 is 2.21 bits per heavy atom. The molecule has 0 amide bonds. The maximum atomic E-state index is 4.44. The predicted octanol–water partition coefficient (Wildman–Crippen LogP) is 2.84. The van der Waals surface area contributed by atoms with Gasteiger partial charge in [-0.2, -0.15) is 0 Å². The number of hydrogen-bond acceptors (Lipinski definition) is 1. The number of rotatable bonds is 2. The molecule has 2 rings (SSSR count). The van der Waals surface area contributed by atoms with Crippen molar-refractivity contribution in [2.24, 2.45) is 5.92 Å². The Kier molecular flexibility index (Phi) is 2.28. The van der Waals surface area contributed by atoms with Gasteiger partial charge in [0.1, 0.15) is 5.82 Å². The fourth-order valence-corrected chi connectivity index (χ4v) is 1.68. The molecule has 0 aliphatic rings. The van der Waals surface area contributed by atoms with Gasteiger partial charge in [-0.25, -0.2) is 4.98 Å². The minimum atomic E-state index is 0.655. The number of hydrogen-bond donors (Lipinski definition) is 0. The molecule has 2 heterocycles. The second-order valence-corrected chi connectivity index (χ2v) is 4.27. The molecule has 0 unspecified atom stereocenters. The number of fused-ring (bicyclic) bond motifs is 1. The van der Waals surface area contributed by atoms with Crippen LogP contribution in [0.2, 0.25) is 0 Å². The van der Waals surface area contributed by atoms with E-state index in [0.717, 1.165) is 12.2 Å². The minimum absolute atomic E-state index is 0.655. The van der Waals surface area contributed by atoms with Gasteiger partial charge in [0.05, 0.1) is 11.7 Å². The van der Waals surface area contributed by atoms with Crippen LogP contribution >= 0.6 is 0 Å². The Hall–Kier alpha value is -1.31. The summed E-state index contributed by atoms with van der Waals surface area (Å²) < 4.78 is 2.17. The van der Waals surface area contributed by atoms with E-state index in [1.807, 2.05) is 6.20 Å². The lowest BCUT2D eigenvalue weighted by Crippen LogP contribution is -2.00. The van der Waals surface area contributed by atoms with E-state index in [0.29, 0.717) is 5.92 Å². The van der Waals surface area contributed by atoms with Crippen molar-refractivity contribution >= 4 is 5.52 Å². The van der Waals surface area contributed by atoms with Crippen LogP contribution < -0.4 is 0 Å². The van der Waals surface area contributed by atoms with E-state index in [-0.39, 0.29) is 0 Å². The van der Waals surface area contributed by atoms with Crippen LogP contribution in [0.5, 0.6) is 0 Å². The largest absolute Gasteiger partial charge is 0.304 e. The Bertz CT molecular complexity index is 441. The molecular formula is C12H16N2. The average Bonchev–Trinajstić information content (AvgIpc) is 2.47. The molecule has 0 radical (unpaired) electrons. The Morgan fingerprint density at radius 3 is 2.93 bits per heavy atom. The van der Waals surface area contributed by atoms with Crippen LogP contribution in [0.15, 0.2) is 24.5 Å². The van der Waals surface area contributed by atoms with Crippen LogP contribution in [0.4, 0.5) is 0 Å². The number of aryl methyl sites for hydroxylation is 1. The van der Waals surface area contributed by atoms with Crippen molar-refractivity contribution in [3.05, 3.63) is 35.9 Å². The van der Waals surface area contributed by atoms with Gasteiger partial charge in [-0.15, -0.1) is 0 Å². The summed E-state index contributed by atoms with van der Waals surface area (Å²) in [5.74, 6) is 1.82. The first-order valence-electron chi connectivity index (χ1n) is 5.09. The Labute approximate surface area is 84.6 Å². The van der Waals surface area contributed by atoms with E-state index < -0.39 is 0 Å². The SMILES string of the molecule is Cc1ccn2c(CC(C)C)ncc2c1. The second kappa shape index (κ2) is 3.45. The average molecular weight is 188 g/mol. The quantitative estimate of drug-likeness (QED) is 0.708. The Balaban J connectivity index is 2.47. The highest BCUT2D eigenvalue weighted by molar-refractivity contribution is 5.48. The lowest BCUT2D eigenvalue weighted by atomic mass is 10.1. The fraction of sp³-hybridized carbons (Fsp3) is 0.417. The van der Waals surface area contributed by atoms with Crippen LogP contribution in [-0.4, -0.2) is 9.38 Å². The minimum Gasteiger partial charge on any atom is -0.304 e. The first kappa shape index (κ1) is 9.25. The zero-order valence-electron chi connectivity index (χ0n) is 8.99. The third-order valence-corrected chi connectivity index (χ3v) is 2.35. The third-order valence-electron chi connectivity index (χ3n) is 2.35. The van der Waals surface area contributed by atoms with Crippen LogP contribution in [-0.2, 0) is 6.42 Å². The van der Waals surface area contributed by atoms with Gasteiger partial charge in [0.25, 0.3) is 0 Å². The van der Waals surface area contributed by atoms with Crippen LogP contribution in [0.25, 0.3) is 5.52 Å². The zero-order chi connectivity index (χ0) is 10.1. The number of imidazole rings is 1. The molecule has 0 spiro atoms. The van der Waals surface area contributed by atoms with Crippen molar-refractivity contribution in [3.8, 4) is 0 Å². The molecule has 0 saturated heterocycles. The molecular weight excluding hydrogens is 172 g/mol. The topological polar surface area (TPSA) is 17.3 Å². The van der Waals surface area contributed by atoms with Gasteiger partial charge in [-0.3, -0.25) is 0 Å². The van der Waals surface area contributed by atoms with E-state index in [4.69, 9.17) is 0 Å². The lowest BCUT2D eigenvalue weighted by molar-refractivity contribution is 0.619. The first-order valence-corrected chi connectivity index (χ1v) is 5.09. The molecule has 0 N–H and O–H groups in total. The maximum absolute atomic E-state index is 4.44. The van der Waals surface area contributed by atoms with Gasteiger partial charge in [0, 0.05) is 12.6 Å². The number of aromatic nitrogens is 2. The van der Waals surface area contributed by atoms with Crippen molar-refractivity contribution in [2.45, 2.75) is 27.2 Å². The molecule has 0 aliphatic heterocycles. The normalized spacial score (nSPS) is 11.4. The van der Waals surface area contributed by atoms with E-state index in [2.05, 4.69) is 48.5 Å². The molecule has 0 aromatic carbocycles. The summed E-state index contributed by atoms with van der Waals surface area (Å²) in [5.41, 5.74) is 2.48. The van der Waals surface area contributed by atoms with Crippen LogP contribution in [0.1, 0.15) is 25.2 Å². The standard InChI is InChI=1S/C12H16N2/c1-9(2)6-12-13-8-11-7-10(3)4-5-14(11)12/h4-5,7-9H,6H2,1-3H3. The fourth-order valence-electron chi connectivity index (χ4n) is 1.68. The summed E-state index contributed by atoms with van der Waals surface area (Å²) in [7, 11) is 0. The van der Waals surface area contributed by atoms with E-state index in [1.54, 1.807) is 0 Å². The second-order valence-electron chi connectivity index (χ2n) is 4.27. The molecule has 2 aromatic rings. The number of nitrogens with zero attached hydrogens (tertiary/aromatic N) is 2. The summed E-state index contributed by atoms with van der Waals surface area (Å²) >= 11 is 0. The van der Waals surface area contributed by atoms with Crippen LogP contribution in [0, 0.1) is 12.8 Å². The third kappa shape index (κ3) is 1.65. The Morgan fingerprint density at radius 1 is 1.43 bits per heavy atom. The number of pyridine rings is 1. The zero-order valence-corrected chi connectivity index (χ0v) is 8.99. The van der Waals surface area contributed by atoms with Crippen molar-refractivity contribution in [1.29, 1.82) is 0 Å². The smallest absolute Gasteiger partial charge is 0.113 e. The van der Waals surface area contributed by atoms with Crippen molar-refractivity contribution in [3.63, 3.8) is 0 Å². The van der Waals surface area contributed by atoms with Gasteiger partial charge >= 0.3 is 0 Å². The highest BCUT2D eigenvalue weighted by Crippen LogP contribution is 2.12. The molecule has 2 nitrogen and oxygen atoms in total. The first-order chi connectivity index (χ1) is 6.66. The summed E-state index contributed by atoms with van der Waals surface area (Å²) in [5, 5.41) is 0. The molecule has 2 heteroatoms. The highest BCUT2D eigenvalue weighted by Gasteiger charge is 2.04. The predicted molar refractivity (Wildman–Crippen MR) is 58.5 cm³/mol. The van der Waals surface area contributed by atoms with Crippen molar-refractivity contribution in [1.82, 2.24) is 9.38 Å². The molecule has 74 valence electrons.